The third kappa shape index (κ3) is 5.53. The lowest BCUT2D eigenvalue weighted by Gasteiger charge is -2.12. The van der Waals surface area contributed by atoms with Crippen LogP contribution in [0.1, 0.15) is 61.4 Å². The number of H-pyrrole nitrogens is 1. The number of aromatic nitrogens is 1. The topological polar surface area (TPSA) is 27.8 Å². The Balaban J connectivity index is 1.49. The number of nitrogens with one attached hydrogen (secondary N) is 2. The highest BCUT2D eigenvalue weighted by Crippen LogP contribution is 2.22. The molecule has 154 valence electrons. The van der Waals surface area contributed by atoms with Crippen molar-refractivity contribution in [2.24, 2.45) is 0 Å². The van der Waals surface area contributed by atoms with Crippen molar-refractivity contribution >= 4 is 10.9 Å². The van der Waals surface area contributed by atoms with Crippen LogP contribution in [0.25, 0.3) is 10.9 Å². The highest BCUT2D eigenvalue weighted by atomic mass is 14.9. The predicted molar refractivity (Wildman–Crippen MR) is 127 cm³/mol. The van der Waals surface area contributed by atoms with Gasteiger partial charge in [0, 0.05) is 29.3 Å². The fourth-order valence-electron chi connectivity index (χ4n) is 4.09. The first-order valence-electron chi connectivity index (χ1n) is 11.3. The maximum atomic E-state index is 4.25. The number of hydrogen-bond donors (Lipinski definition) is 2. The van der Waals surface area contributed by atoms with Gasteiger partial charge in [-0.1, -0.05) is 58.0 Å². The molecule has 0 unspecified atom stereocenters. The molecule has 2 N–H and O–H groups in total. The minimum Gasteiger partial charge on any atom is -0.388 e. The van der Waals surface area contributed by atoms with E-state index >= 15 is 0 Å². The van der Waals surface area contributed by atoms with Gasteiger partial charge in [-0.15, -0.1) is 0 Å². The highest BCUT2D eigenvalue weighted by molar-refractivity contribution is 5.83. The van der Waals surface area contributed by atoms with E-state index in [0.29, 0.717) is 0 Å². The molecule has 0 fully saturated rings. The lowest BCUT2D eigenvalue weighted by molar-refractivity contribution is 0.739. The summed E-state index contributed by atoms with van der Waals surface area (Å²) in [4.78, 5) is 3.40. The van der Waals surface area contributed by atoms with Gasteiger partial charge in [-0.3, -0.25) is 0 Å². The summed E-state index contributed by atoms with van der Waals surface area (Å²) in [6.45, 7) is 11.9. The largest absolute Gasteiger partial charge is 0.388 e. The number of aromatic amines is 1. The van der Waals surface area contributed by atoms with E-state index < -0.39 is 0 Å². The molecule has 3 rings (SSSR count). The van der Waals surface area contributed by atoms with Gasteiger partial charge in [-0.2, -0.15) is 0 Å². The fourth-order valence-corrected chi connectivity index (χ4v) is 4.09. The molecule has 0 aliphatic heterocycles. The van der Waals surface area contributed by atoms with E-state index in [1.807, 2.05) is 0 Å². The van der Waals surface area contributed by atoms with Gasteiger partial charge in [-0.05, 0) is 78.5 Å². The summed E-state index contributed by atoms with van der Waals surface area (Å²) < 4.78 is 0. The number of benzene rings is 2. The Morgan fingerprint density at radius 2 is 1.69 bits per heavy atom. The van der Waals surface area contributed by atoms with Gasteiger partial charge < -0.3 is 10.3 Å². The average molecular weight is 389 g/mol. The number of allylic oxidation sites excluding steroid dienone is 1. The molecule has 1 heterocycles. The summed E-state index contributed by atoms with van der Waals surface area (Å²) in [6, 6.07) is 13.8. The van der Waals surface area contributed by atoms with Gasteiger partial charge in [0.05, 0.1) is 0 Å². The molecular formula is C27H36N2. The number of fused-ring (bicyclic) bond motifs is 1. The van der Waals surface area contributed by atoms with Crippen LogP contribution >= 0.6 is 0 Å². The van der Waals surface area contributed by atoms with Crippen molar-refractivity contribution in [3.05, 3.63) is 82.7 Å². The van der Waals surface area contributed by atoms with Gasteiger partial charge >= 0.3 is 0 Å². The number of hydrogen-bond acceptors (Lipinski definition) is 1. The first-order chi connectivity index (χ1) is 14.1. The van der Waals surface area contributed by atoms with Crippen molar-refractivity contribution in [3.63, 3.8) is 0 Å². The third-order valence-corrected chi connectivity index (χ3v) is 5.90. The molecule has 1 aromatic heterocycles. The second-order valence-electron chi connectivity index (χ2n) is 8.03. The molecule has 0 amide bonds. The van der Waals surface area contributed by atoms with Crippen LogP contribution in [0.15, 0.2) is 54.9 Å². The second kappa shape index (κ2) is 10.3. The molecule has 0 radical (unpaired) electrons. The maximum absolute atomic E-state index is 4.25. The van der Waals surface area contributed by atoms with E-state index in [2.05, 4.69) is 80.2 Å². The Bertz CT molecular complexity index is 948. The SMILES string of the molecule is C=C(CCc1c[nH]c2ccc(CC)cc12)NCCc1ccc(CCC)c(CC)c1. The van der Waals surface area contributed by atoms with Gasteiger partial charge in [-0.25, -0.2) is 0 Å². The zero-order valence-electron chi connectivity index (χ0n) is 18.4. The molecule has 0 bridgehead atoms. The zero-order chi connectivity index (χ0) is 20.6. The molecule has 0 aliphatic carbocycles. The van der Waals surface area contributed by atoms with Crippen molar-refractivity contribution in [1.29, 1.82) is 0 Å². The van der Waals surface area contributed by atoms with Crippen LogP contribution in [-0.4, -0.2) is 11.5 Å². The predicted octanol–water partition coefficient (Wildman–Crippen LogP) is 6.52. The lowest BCUT2D eigenvalue weighted by Crippen LogP contribution is -2.16. The first-order valence-corrected chi connectivity index (χ1v) is 11.3. The third-order valence-electron chi connectivity index (χ3n) is 5.90. The second-order valence-corrected chi connectivity index (χ2v) is 8.03. The Morgan fingerprint density at radius 3 is 2.45 bits per heavy atom. The summed E-state index contributed by atoms with van der Waals surface area (Å²) >= 11 is 0. The molecule has 3 aromatic rings. The normalized spacial score (nSPS) is 11.1. The molecule has 0 atom stereocenters. The van der Waals surface area contributed by atoms with E-state index in [0.717, 1.165) is 44.3 Å². The summed E-state index contributed by atoms with van der Waals surface area (Å²) in [5, 5.41) is 4.89. The first kappa shape index (κ1) is 21.2. The number of rotatable bonds is 11. The van der Waals surface area contributed by atoms with Gasteiger partial charge in [0.2, 0.25) is 0 Å². The summed E-state index contributed by atoms with van der Waals surface area (Å²) in [5.74, 6) is 0. The van der Waals surface area contributed by atoms with E-state index in [1.54, 1.807) is 0 Å². The Labute approximate surface area is 176 Å². The van der Waals surface area contributed by atoms with Gasteiger partial charge in [0.15, 0.2) is 0 Å². The highest BCUT2D eigenvalue weighted by Gasteiger charge is 2.06. The van der Waals surface area contributed by atoms with Crippen molar-refractivity contribution in [1.82, 2.24) is 10.3 Å². The molecule has 0 saturated carbocycles. The Kier molecular flexibility index (Phi) is 7.57. The van der Waals surface area contributed by atoms with Crippen molar-refractivity contribution in [2.75, 3.05) is 6.54 Å². The molecule has 2 aromatic carbocycles. The molecular weight excluding hydrogens is 352 g/mol. The van der Waals surface area contributed by atoms with Crippen LogP contribution in [0.5, 0.6) is 0 Å². The van der Waals surface area contributed by atoms with E-state index in [-0.39, 0.29) is 0 Å². The monoisotopic (exact) mass is 388 g/mol. The minimum absolute atomic E-state index is 0.947. The summed E-state index contributed by atoms with van der Waals surface area (Å²) in [6.07, 6.45) is 9.79. The molecule has 0 saturated heterocycles. The Hall–Kier alpha value is -2.48. The fraction of sp³-hybridized carbons (Fsp3) is 0.407. The van der Waals surface area contributed by atoms with Gasteiger partial charge in [0.1, 0.15) is 0 Å². The van der Waals surface area contributed by atoms with Crippen LogP contribution < -0.4 is 5.32 Å². The maximum Gasteiger partial charge on any atom is 0.0456 e. The molecule has 0 aliphatic rings. The summed E-state index contributed by atoms with van der Waals surface area (Å²) in [5.41, 5.74) is 9.59. The summed E-state index contributed by atoms with van der Waals surface area (Å²) in [7, 11) is 0. The minimum atomic E-state index is 0.947. The average Bonchev–Trinajstić information content (AvgIpc) is 3.15. The zero-order valence-corrected chi connectivity index (χ0v) is 18.4. The van der Waals surface area contributed by atoms with Crippen molar-refractivity contribution < 1.29 is 0 Å². The van der Waals surface area contributed by atoms with Gasteiger partial charge in [0.25, 0.3) is 0 Å². The quantitative estimate of drug-likeness (QED) is 0.384. The smallest absolute Gasteiger partial charge is 0.0456 e. The van der Waals surface area contributed by atoms with Crippen molar-refractivity contribution in [2.45, 2.75) is 65.7 Å². The van der Waals surface area contributed by atoms with E-state index in [1.165, 1.54) is 51.6 Å². The lowest BCUT2D eigenvalue weighted by atomic mass is 9.97. The van der Waals surface area contributed by atoms with Crippen molar-refractivity contribution in [3.8, 4) is 0 Å². The Morgan fingerprint density at radius 1 is 0.862 bits per heavy atom. The molecule has 2 nitrogen and oxygen atoms in total. The van der Waals surface area contributed by atoms with Crippen LogP contribution in [0.2, 0.25) is 0 Å². The van der Waals surface area contributed by atoms with Crippen LogP contribution in [0.4, 0.5) is 0 Å². The molecule has 2 heteroatoms. The molecule has 0 spiro atoms. The van der Waals surface area contributed by atoms with Crippen LogP contribution in [-0.2, 0) is 32.1 Å². The van der Waals surface area contributed by atoms with Crippen LogP contribution in [0, 0.1) is 0 Å². The standard InChI is InChI=1S/C27H36N2/c1-5-8-24-13-10-22(17-23(24)7-3)15-16-28-20(4)9-12-25-19-29-27-14-11-21(6-2)18-26(25)27/h10-11,13-14,17-19,28-29H,4-9,12,15-16H2,1-3H3. The van der Waals surface area contributed by atoms with E-state index in [9.17, 15) is 0 Å². The van der Waals surface area contributed by atoms with E-state index in [4.69, 9.17) is 0 Å². The number of aryl methyl sites for hydroxylation is 4. The van der Waals surface area contributed by atoms with Crippen LogP contribution in [0.3, 0.4) is 0 Å². The molecule has 29 heavy (non-hydrogen) atoms.